The molecule has 0 heterocycles. The molecule has 0 aliphatic rings. The van der Waals surface area contributed by atoms with Gasteiger partial charge in [0, 0.05) is 6.08 Å². The van der Waals surface area contributed by atoms with Crippen LogP contribution in [0.25, 0.3) is 0 Å². The Kier molecular flexibility index (Phi) is 8.42. The standard InChI is InChI=1S/C13H19NO/c1-3-4-6-12(2)7-5-8-13(11-15)9-10-14/h3,7,9,15H,1,4-6,8,11H2,2H3/b12-7-,13-9-. The first kappa shape index (κ1) is 13.7. The maximum Gasteiger partial charge on any atom is 0.0912 e. The molecule has 0 bridgehead atoms. The van der Waals surface area contributed by atoms with Crippen LogP contribution in [0.4, 0.5) is 0 Å². The lowest BCUT2D eigenvalue weighted by molar-refractivity contribution is 0.327. The molecular weight excluding hydrogens is 186 g/mol. The molecule has 0 rings (SSSR count). The minimum absolute atomic E-state index is 0.0207. The molecule has 0 aromatic rings. The number of aliphatic hydroxyl groups excluding tert-OH is 1. The van der Waals surface area contributed by atoms with Gasteiger partial charge in [-0.25, -0.2) is 0 Å². The molecule has 0 fully saturated rings. The van der Waals surface area contributed by atoms with Gasteiger partial charge in [0.1, 0.15) is 0 Å². The van der Waals surface area contributed by atoms with E-state index in [1.165, 1.54) is 11.6 Å². The van der Waals surface area contributed by atoms with Crippen molar-refractivity contribution in [1.29, 1.82) is 5.26 Å². The van der Waals surface area contributed by atoms with E-state index >= 15 is 0 Å². The fourth-order valence-corrected chi connectivity index (χ4v) is 1.22. The van der Waals surface area contributed by atoms with E-state index in [9.17, 15) is 0 Å². The molecule has 0 aliphatic carbocycles. The van der Waals surface area contributed by atoms with Crippen molar-refractivity contribution in [1.82, 2.24) is 0 Å². The molecule has 0 radical (unpaired) electrons. The molecule has 1 N–H and O–H groups in total. The fourth-order valence-electron chi connectivity index (χ4n) is 1.22. The predicted octanol–water partition coefficient (Wildman–Crippen LogP) is 3.12. The topological polar surface area (TPSA) is 44.0 Å². The van der Waals surface area contributed by atoms with Gasteiger partial charge in [0.25, 0.3) is 0 Å². The van der Waals surface area contributed by atoms with Crippen molar-refractivity contribution < 1.29 is 5.11 Å². The molecule has 0 saturated heterocycles. The van der Waals surface area contributed by atoms with Crippen LogP contribution in [0.1, 0.15) is 32.6 Å². The van der Waals surface area contributed by atoms with Crippen molar-refractivity contribution in [2.45, 2.75) is 32.6 Å². The summed E-state index contributed by atoms with van der Waals surface area (Å²) >= 11 is 0. The highest BCUT2D eigenvalue weighted by Gasteiger charge is 1.94. The van der Waals surface area contributed by atoms with E-state index in [1.807, 2.05) is 12.1 Å². The van der Waals surface area contributed by atoms with Gasteiger partial charge >= 0.3 is 0 Å². The molecule has 0 unspecified atom stereocenters. The fraction of sp³-hybridized carbons (Fsp3) is 0.462. The smallest absolute Gasteiger partial charge is 0.0912 e. The molecule has 0 aromatic heterocycles. The van der Waals surface area contributed by atoms with E-state index in [-0.39, 0.29) is 6.61 Å². The third-order valence-electron chi connectivity index (χ3n) is 2.17. The van der Waals surface area contributed by atoms with Crippen LogP contribution >= 0.6 is 0 Å². The minimum atomic E-state index is -0.0207. The molecule has 15 heavy (non-hydrogen) atoms. The van der Waals surface area contributed by atoms with Gasteiger partial charge in [-0.05, 0) is 38.2 Å². The summed E-state index contributed by atoms with van der Waals surface area (Å²) in [5.41, 5.74) is 2.13. The van der Waals surface area contributed by atoms with Crippen molar-refractivity contribution in [2.24, 2.45) is 0 Å². The van der Waals surface area contributed by atoms with Crippen LogP contribution in [0.2, 0.25) is 0 Å². The molecule has 0 saturated carbocycles. The van der Waals surface area contributed by atoms with Crippen LogP contribution in [0, 0.1) is 11.3 Å². The van der Waals surface area contributed by atoms with Crippen LogP contribution in [-0.4, -0.2) is 11.7 Å². The molecule has 0 spiro atoms. The van der Waals surface area contributed by atoms with Crippen LogP contribution in [0.15, 0.2) is 36.0 Å². The molecule has 0 amide bonds. The monoisotopic (exact) mass is 205 g/mol. The Labute approximate surface area is 92.2 Å². The van der Waals surface area contributed by atoms with Gasteiger partial charge in [0.2, 0.25) is 0 Å². The number of nitriles is 1. The highest BCUT2D eigenvalue weighted by atomic mass is 16.3. The molecular formula is C13H19NO. The van der Waals surface area contributed by atoms with E-state index in [4.69, 9.17) is 10.4 Å². The van der Waals surface area contributed by atoms with Gasteiger partial charge < -0.3 is 5.11 Å². The van der Waals surface area contributed by atoms with E-state index < -0.39 is 0 Å². The van der Waals surface area contributed by atoms with Crippen molar-refractivity contribution in [3.05, 3.63) is 36.0 Å². The van der Waals surface area contributed by atoms with Gasteiger partial charge in [-0.15, -0.1) is 6.58 Å². The number of rotatable bonds is 7. The van der Waals surface area contributed by atoms with Crippen LogP contribution in [0.5, 0.6) is 0 Å². The van der Waals surface area contributed by atoms with Crippen molar-refractivity contribution in [3.8, 4) is 6.07 Å². The molecule has 2 nitrogen and oxygen atoms in total. The number of hydrogen-bond donors (Lipinski definition) is 1. The lowest BCUT2D eigenvalue weighted by Crippen LogP contribution is -1.89. The second kappa shape index (κ2) is 9.23. The Hall–Kier alpha value is -1.33. The Morgan fingerprint density at radius 3 is 2.67 bits per heavy atom. The van der Waals surface area contributed by atoms with Gasteiger partial charge in [-0.1, -0.05) is 17.7 Å². The number of nitrogens with zero attached hydrogens (tertiary/aromatic N) is 1. The lowest BCUT2D eigenvalue weighted by Gasteiger charge is -2.01. The number of hydrogen-bond acceptors (Lipinski definition) is 2. The second-order valence-electron chi connectivity index (χ2n) is 3.51. The summed E-state index contributed by atoms with van der Waals surface area (Å²) in [6, 6.07) is 1.94. The summed E-state index contributed by atoms with van der Waals surface area (Å²) < 4.78 is 0. The Balaban J connectivity index is 3.90. The van der Waals surface area contributed by atoms with Crippen LogP contribution in [-0.2, 0) is 0 Å². The van der Waals surface area contributed by atoms with Crippen LogP contribution in [0.3, 0.4) is 0 Å². The zero-order chi connectivity index (χ0) is 11.5. The lowest BCUT2D eigenvalue weighted by atomic mass is 10.1. The van der Waals surface area contributed by atoms with Crippen molar-refractivity contribution in [3.63, 3.8) is 0 Å². The summed E-state index contributed by atoms with van der Waals surface area (Å²) in [4.78, 5) is 0. The SMILES string of the molecule is C=CCC/C(C)=C\CC/C(=C/C#N)CO. The maximum atomic E-state index is 8.91. The quantitative estimate of drug-likeness (QED) is 0.512. The summed E-state index contributed by atoms with van der Waals surface area (Å²) in [6.45, 7) is 5.75. The zero-order valence-corrected chi connectivity index (χ0v) is 9.37. The van der Waals surface area contributed by atoms with Gasteiger partial charge in [-0.2, -0.15) is 5.26 Å². The van der Waals surface area contributed by atoms with E-state index in [1.54, 1.807) is 0 Å². The predicted molar refractivity (Wildman–Crippen MR) is 63.2 cm³/mol. The van der Waals surface area contributed by atoms with E-state index in [2.05, 4.69) is 19.6 Å². The first-order valence-corrected chi connectivity index (χ1v) is 5.19. The molecule has 2 heteroatoms. The van der Waals surface area contributed by atoms with Gasteiger partial charge in [0.05, 0.1) is 12.7 Å². The summed E-state index contributed by atoms with van der Waals surface area (Å²) in [5.74, 6) is 0. The number of aliphatic hydroxyl groups is 1. The Bertz CT molecular complexity index is 281. The normalized spacial score (nSPS) is 12.3. The summed E-state index contributed by atoms with van der Waals surface area (Å²) in [6.07, 6.45) is 9.18. The van der Waals surface area contributed by atoms with Crippen molar-refractivity contribution >= 4 is 0 Å². The molecule has 82 valence electrons. The first-order valence-electron chi connectivity index (χ1n) is 5.19. The third kappa shape index (κ3) is 7.72. The maximum absolute atomic E-state index is 8.91. The molecule has 0 aliphatic heterocycles. The Morgan fingerprint density at radius 2 is 2.13 bits per heavy atom. The molecule has 0 aromatic carbocycles. The second-order valence-corrected chi connectivity index (χ2v) is 3.51. The largest absolute Gasteiger partial charge is 0.392 e. The van der Waals surface area contributed by atoms with Crippen LogP contribution < -0.4 is 0 Å². The van der Waals surface area contributed by atoms with E-state index in [0.717, 1.165) is 31.3 Å². The minimum Gasteiger partial charge on any atom is -0.392 e. The van der Waals surface area contributed by atoms with Gasteiger partial charge in [0.15, 0.2) is 0 Å². The molecule has 0 atom stereocenters. The summed E-state index contributed by atoms with van der Waals surface area (Å²) in [5, 5.41) is 17.3. The Morgan fingerprint density at radius 1 is 1.40 bits per heavy atom. The van der Waals surface area contributed by atoms with E-state index in [0.29, 0.717) is 0 Å². The first-order chi connectivity index (χ1) is 7.24. The average molecular weight is 205 g/mol. The highest BCUT2D eigenvalue weighted by molar-refractivity contribution is 5.14. The zero-order valence-electron chi connectivity index (χ0n) is 9.37. The summed E-state index contributed by atoms with van der Waals surface area (Å²) in [7, 11) is 0. The van der Waals surface area contributed by atoms with Gasteiger partial charge in [-0.3, -0.25) is 0 Å². The number of allylic oxidation sites excluding steroid dienone is 4. The highest BCUT2D eigenvalue weighted by Crippen LogP contribution is 2.10. The third-order valence-corrected chi connectivity index (χ3v) is 2.17. The van der Waals surface area contributed by atoms with Crippen molar-refractivity contribution in [2.75, 3.05) is 6.61 Å². The average Bonchev–Trinajstić information content (AvgIpc) is 2.25.